The summed E-state index contributed by atoms with van der Waals surface area (Å²) >= 11 is 1.53. The summed E-state index contributed by atoms with van der Waals surface area (Å²) in [6.07, 6.45) is 0.111. The minimum Gasteiger partial charge on any atom is -0.465 e. The van der Waals surface area contributed by atoms with E-state index >= 15 is 0 Å². The fourth-order valence-corrected chi connectivity index (χ4v) is 4.40. The van der Waals surface area contributed by atoms with Crippen molar-refractivity contribution in [3.63, 3.8) is 0 Å². The van der Waals surface area contributed by atoms with Gasteiger partial charge in [-0.3, -0.25) is 4.79 Å². The third-order valence-electron chi connectivity index (χ3n) is 5.00. The number of benzene rings is 1. The van der Waals surface area contributed by atoms with Crippen LogP contribution < -0.4 is 5.32 Å². The number of thiazole rings is 1. The molecule has 2 heterocycles. The van der Waals surface area contributed by atoms with E-state index in [0.29, 0.717) is 43.0 Å². The van der Waals surface area contributed by atoms with E-state index in [1.807, 2.05) is 12.1 Å². The first-order valence-corrected chi connectivity index (χ1v) is 8.61. The van der Waals surface area contributed by atoms with Crippen molar-refractivity contribution in [2.45, 2.75) is 6.42 Å². The van der Waals surface area contributed by atoms with Gasteiger partial charge < -0.3 is 15.3 Å². The maximum absolute atomic E-state index is 12.2. The second-order valence-electron chi connectivity index (χ2n) is 6.26. The van der Waals surface area contributed by atoms with Gasteiger partial charge in [-0.15, -0.1) is 11.3 Å². The van der Waals surface area contributed by atoms with Gasteiger partial charge in [0.15, 0.2) is 0 Å². The monoisotopic (exact) mass is 331 g/mol. The second kappa shape index (κ2) is 5.49. The van der Waals surface area contributed by atoms with Crippen LogP contribution in [0.25, 0.3) is 10.2 Å². The summed E-state index contributed by atoms with van der Waals surface area (Å²) in [5.74, 6) is 1.50. The highest BCUT2D eigenvalue weighted by molar-refractivity contribution is 7.16. The normalized spacial score (nSPS) is 25.4. The highest BCUT2D eigenvalue weighted by Crippen LogP contribution is 2.53. The number of amides is 2. The van der Waals surface area contributed by atoms with Gasteiger partial charge in [0.25, 0.3) is 5.91 Å². The maximum atomic E-state index is 12.2. The highest BCUT2D eigenvalue weighted by Gasteiger charge is 2.55. The minimum atomic E-state index is -0.817. The van der Waals surface area contributed by atoms with Gasteiger partial charge in [0.05, 0.1) is 15.7 Å². The first-order valence-electron chi connectivity index (χ1n) is 7.73. The first kappa shape index (κ1) is 14.4. The molecule has 23 heavy (non-hydrogen) atoms. The van der Waals surface area contributed by atoms with Gasteiger partial charge in [-0.25, -0.2) is 9.78 Å². The zero-order valence-corrected chi connectivity index (χ0v) is 13.3. The molecular formula is C16H17N3O3S. The van der Waals surface area contributed by atoms with Crippen molar-refractivity contribution in [1.29, 1.82) is 0 Å². The molecule has 2 fully saturated rings. The second-order valence-corrected chi connectivity index (χ2v) is 7.14. The topological polar surface area (TPSA) is 82.5 Å². The summed E-state index contributed by atoms with van der Waals surface area (Å²) in [5.41, 5.74) is 3.36. The van der Waals surface area contributed by atoms with Crippen molar-refractivity contribution in [1.82, 2.24) is 15.2 Å². The minimum absolute atomic E-state index is 0.0572. The van der Waals surface area contributed by atoms with E-state index in [-0.39, 0.29) is 5.91 Å². The summed E-state index contributed by atoms with van der Waals surface area (Å²) in [7, 11) is 0. The Hall–Kier alpha value is -2.15. The van der Waals surface area contributed by atoms with Crippen molar-refractivity contribution >= 4 is 33.6 Å². The molecule has 1 saturated heterocycles. The first-order chi connectivity index (χ1) is 11.1. The molecule has 2 atom stereocenters. The van der Waals surface area contributed by atoms with Gasteiger partial charge in [-0.2, -0.15) is 0 Å². The Morgan fingerprint density at radius 2 is 2.13 bits per heavy atom. The van der Waals surface area contributed by atoms with E-state index in [1.165, 1.54) is 16.2 Å². The van der Waals surface area contributed by atoms with Crippen LogP contribution in [0, 0.1) is 17.8 Å². The number of nitrogens with zero attached hydrogens (tertiary/aromatic N) is 2. The smallest absolute Gasteiger partial charge is 0.407 e. The quantitative estimate of drug-likeness (QED) is 0.900. The Morgan fingerprint density at radius 3 is 2.87 bits per heavy atom. The lowest BCUT2D eigenvalue weighted by molar-refractivity contribution is 0.0952. The van der Waals surface area contributed by atoms with Crippen molar-refractivity contribution in [2.75, 3.05) is 19.6 Å². The molecule has 1 aromatic heterocycles. The van der Waals surface area contributed by atoms with E-state index in [1.54, 1.807) is 11.6 Å². The number of fused-ring (bicyclic) bond motifs is 2. The number of hydrogen-bond acceptors (Lipinski definition) is 4. The molecule has 1 aliphatic carbocycles. The van der Waals surface area contributed by atoms with Gasteiger partial charge in [-0.05, 0) is 42.4 Å². The molecule has 2 N–H and O–H groups in total. The fraction of sp³-hybridized carbons (Fsp3) is 0.438. The lowest BCUT2D eigenvalue weighted by Crippen LogP contribution is -2.30. The summed E-state index contributed by atoms with van der Waals surface area (Å²) < 4.78 is 1.02. The molecule has 4 rings (SSSR count). The van der Waals surface area contributed by atoms with Crippen LogP contribution in [0.1, 0.15) is 16.8 Å². The molecule has 1 aliphatic heterocycles. The third kappa shape index (κ3) is 2.65. The van der Waals surface area contributed by atoms with E-state index in [4.69, 9.17) is 5.11 Å². The van der Waals surface area contributed by atoms with Crippen LogP contribution in [-0.2, 0) is 0 Å². The Balaban J connectivity index is 1.26. The Bertz CT molecular complexity index is 763. The van der Waals surface area contributed by atoms with Crippen LogP contribution in [0.15, 0.2) is 23.7 Å². The van der Waals surface area contributed by atoms with E-state index in [2.05, 4.69) is 10.3 Å². The van der Waals surface area contributed by atoms with Crippen LogP contribution in [0.3, 0.4) is 0 Å². The molecule has 7 heteroatoms. The standard InChI is InChI=1S/C16H17N3O3S/c20-15(9-1-2-13-14(5-9)23-8-18-13)17-4-3-10-11-6-19(16(21)22)7-12(10)11/h1-2,5,8,10-12H,3-4,6-7H2,(H,17,20)(H,21,22). The Morgan fingerprint density at radius 1 is 1.35 bits per heavy atom. The molecule has 0 bridgehead atoms. The average molecular weight is 331 g/mol. The summed E-state index contributed by atoms with van der Waals surface area (Å²) in [4.78, 5) is 28.8. The third-order valence-corrected chi connectivity index (χ3v) is 5.79. The molecule has 1 saturated carbocycles. The largest absolute Gasteiger partial charge is 0.465 e. The molecular weight excluding hydrogens is 314 g/mol. The molecule has 0 radical (unpaired) electrons. The summed E-state index contributed by atoms with van der Waals surface area (Å²) in [6, 6.07) is 5.54. The van der Waals surface area contributed by atoms with Crippen LogP contribution in [0.5, 0.6) is 0 Å². The van der Waals surface area contributed by atoms with Crippen LogP contribution in [0.4, 0.5) is 4.79 Å². The highest BCUT2D eigenvalue weighted by atomic mass is 32.1. The molecule has 2 amide bonds. The summed E-state index contributed by atoms with van der Waals surface area (Å²) in [5, 5.41) is 11.9. The van der Waals surface area contributed by atoms with Gasteiger partial charge in [0.2, 0.25) is 0 Å². The SMILES string of the molecule is O=C(NCCC1C2CN(C(=O)O)CC12)c1ccc2ncsc2c1. The van der Waals surface area contributed by atoms with E-state index < -0.39 is 6.09 Å². The van der Waals surface area contributed by atoms with E-state index in [9.17, 15) is 9.59 Å². The summed E-state index contributed by atoms with van der Waals surface area (Å²) in [6.45, 7) is 1.95. The van der Waals surface area contributed by atoms with Crippen molar-refractivity contribution < 1.29 is 14.7 Å². The number of aromatic nitrogens is 1. The number of hydrogen-bond donors (Lipinski definition) is 2. The number of carbonyl (C=O) groups is 2. The molecule has 2 aromatic rings. The van der Waals surface area contributed by atoms with Crippen LogP contribution >= 0.6 is 11.3 Å². The van der Waals surface area contributed by atoms with Gasteiger partial charge in [0.1, 0.15) is 0 Å². The van der Waals surface area contributed by atoms with Crippen LogP contribution in [-0.4, -0.2) is 46.6 Å². The fourth-order valence-electron chi connectivity index (χ4n) is 3.68. The number of likely N-dealkylation sites (tertiary alicyclic amines) is 1. The van der Waals surface area contributed by atoms with E-state index in [0.717, 1.165) is 16.6 Å². The Labute approximate surface area is 137 Å². The van der Waals surface area contributed by atoms with Crippen molar-refractivity contribution in [2.24, 2.45) is 17.8 Å². The van der Waals surface area contributed by atoms with Gasteiger partial charge in [-0.1, -0.05) is 0 Å². The number of carbonyl (C=O) groups excluding carboxylic acids is 1. The predicted octanol–water partition coefficient (Wildman–Crippen LogP) is 2.27. The molecule has 2 unspecified atom stereocenters. The average Bonchev–Trinajstić information content (AvgIpc) is 2.96. The van der Waals surface area contributed by atoms with Gasteiger partial charge in [0, 0.05) is 25.2 Å². The molecule has 120 valence electrons. The number of nitrogens with one attached hydrogen (secondary N) is 1. The van der Waals surface area contributed by atoms with Gasteiger partial charge >= 0.3 is 6.09 Å². The zero-order valence-electron chi connectivity index (χ0n) is 12.4. The van der Waals surface area contributed by atoms with Crippen LogP contribution in [0.2, 0.25) is 0 Å². The molecule has 6 nitrogen and oxygen atoms in total. The molecule has 0 spiro atoms. The van der Waals surface area contributed by atoms with Crippen molar-refractivity contribution in [3.05, 3.63) is 29.3 Å². The van der Waals surface area contributed by atoms with Crippen molar-refractivity contribution in [3.8, 4) is 0 Å². The number of carboxylic acid groups (broad SMARTS) is 1. The number of rotatable bonds is 4. The lowest BCUT2D eigenvalue weighted by atomic mass is 10.1. The number of piperidine rings is 1. The predicted molar refractivity (Wildman–Crippen MR) is 86.6 cm³/mol. The Kier molecular flexibility index (Phi) is 3.45. The maximum Gasteiger partial charge on any atom is 0.407 e. The lowest BCUT2D eigenvalue weighted by Gasteiger charge is -2.15. The molecule has 2 aliphatic rings. The molecule has 1 aromatic carbocycles. The zero-order chi connectivity index (χ0) is 16.0.